The molecule has 5 aromatic rings. The van der Waals surface area contributed by atoms with Crippen molar-refractivity contribution in [3.8, 4) is 16.9 Å². The summed E-state index contributed by atoms with van der Waals surface area (Å²) in [5.74, 6) is 0. The van der Waals surface area contributed by atoms with Crippen molar-refractivity contribution in [3.05, 3.63) is 95.0 Å². The molecule has 1 N–H and O–H groups in total. The van der Waals surface area contributed by atoms with Gasteiger partial charge in [-0.15, -0.1) is 0 Å². The fraction of sp³-hybridized carbons (Fsp3) is 0. The van der Waals surface area contributed by atoms with Crippen molar-refractivity contribution in [3.63, 3.8) is 0 Å². The van der Waals surface area contributed by atoms with Crippen molar-refractivity contribution >= 4 is 28.0 Å². The third kappa shape index (κ3) is 2.87. The minimum Gasteiger partial charge on any atom is -0.422 e. The molecule has 0 aliphatic carbocycles. The van der Waals surface area contributed by atoms with Crippen LogP contribution in [0, 0.1) is 0 Å². The van der Waals surface area contributed by atoms with Crippen LogP contribution < -0.4 is 5.63 Å². The number of para-hydroxylation sites is 1. The zero-order valence-electron chi connectivity index (χ0n) is 15.2. The smallest absolute Gasteiger partial charge is 0.345 e. The molecule has 0 radical (unpaired) electrons. The normalized spacial score (nSPS) is 11.6. The lowest BCUT2D eigenvalue weighted by Crippen LogP contribution is -2.05. The Morgan fingerprint density at radius 2 is 1.76 bits per heavy atom. The highest BCUT2D eigenvalue weighted by atomic mass is 16.4. The maximum atomic E-state index is 12.7. The van der Waals surface area contributed by atoms with Gasteiger partial charge in [0.25, 0.3) is 0 Å². The second-order valence-electron chi connectivity index (χ2n) is 6.60. The van der Waals surface area contributed by atoms with Crippen molar-refractivity contribution in [2.45, 2.75) is 0 Å². The van der Waals surface area contributed by atoms with Crippen LogP contribution in [0.5, 0.6) is 0 Å². The van der Waals surface area contributed by atoms with Crippen LogP contribution in [-0.4, -0.2) is 21.2 Å². The number of benzene rings is 3. The number of rotatable bonds is 3. The van der Waals surface area contributed by atoms with E-state index in [1.807, 2.05) is 60.7 Å². The predicted octanol–water partition coefficient (Wildman–Crippen LogP) is 4.61. The average Bonchev–Trinajstić information content (AvgIpc) is 3.18. The van der Waals surface area contributed by atoms with Crippen LogP contribution in [-0.2, 0) is 0 Å². The molecule has 6 heteroatoms. The predicted molar refractivity (Wildman–Crippen MR) is 112 cm³/mol. The molecule has 0 amide bonds. The summed E-state index contributed by atoms with van der Waals surface area (Å²) in [5, 5.41) is 19.6. The van der Waals surface area contributed by atoms with Crippen molar-refractivity contribution in [1.82, 2.24) is 9.78 Å². The first-order valence-electron chi connectivity index (χ1n) is 9.03. The van der Waals surface area contributed by atoms with Crippen molar-refractivity contribution in [2.24, 2.45) is 5.16 Å². The number of aromatic nitrogens is 2. The van der Waals surface area contributed by atoms with Gasteiger partial charge in [-0.25, -0.2) is 9.48 Å². The summed E-state index contributed by atoms with van der Waals surface area (Å²) in [6.45, 7) is 0. The van der Waals surface area contributed by atoms with E-state index in [1.54, 1.807) is 23.0 Å². The summed E-state index contributed by atoms with van der Waals surface area (Å²) in [4.78, 5) is 12.7. The Morgan fingerprint density at radius 3 is 2.59 bits per heavy atom. The molecule has 2 aromatic heterocycles. The summed E-state index contributed by atoms with van der Waals surface area (Å²) in [6, 6.07) is 22.9. The molecule has 29 heavy (non-hydrogen) atoms. The molecule has 0 spiro atoms. The molecule has 0 atom stereocenters. The lowest BCUT2D eigenvalue weighted by atomic mass is 10.0. The van der Waals surface area contributed by atoms with Crippen LogP contribution in [0.25, 0.3) is 38.7 Å². The van der Waals surface area contributed by atoms with Crippen LogP contribution in [0.1, 0.15) is 5.56 Å². The van der Waals surface area contributed by atoms with E-state index in [9.17, 15) is 4.79 Å². The molecule has 0 fully saturated rings. The van der Waals surface area contributed by atoms with E-state index in [0.29, 0.717) is 22.4 Å². The van der Waals surface area contributed by atoms with E-state index in [0.717, 1.165) is 21.8 Å². The standard InChI is InChI=1S/C23H15N3O3/c27-23-20(12-19-18-9-5-4-6-15(18)10-11-21(19)29-23)22-16(13-24-28)14-26(25-22)17-7-2-1-3-8-17/h1-14,28H. The average molecular weight is 381 g/mol. The third-order valence-electron chi connectivity index (χ3n) is 4.86. The lowest BCUT2D eigenvalue weighted by molar-refractivity contribution is 0.322. The molecule has 140 valence electrons. The summed E-state index contributed by atoms with van der Waals surface area (Å²) in [6.07, 6.45) is 2.96. The van der Waals surface area contributed by atoms with Crippen LogP contribution in [0.15, 0.2) is 93.4 Å². The Morgan fingerprint density at radius 1 is 0.966 bits per heavy atom. The van der Waals surface area contributed by atoms with Gasteiger partial charge in [-0.05, 0) is 35.0 Å². The van der Waals surface area contributed by atoms with E-state index in [-0.39, 0.29) is 0 Å². The Balaban J connectivity index is 1.79. The van der Waals surface area contributed by atoms with Gasteiger partial charge in [-0.3, -0.25) is 0 Å². The largest absolute Gasteiger partial charge is 0.422 e. The quantitative estimate of drug-likeness (QED) is 0.163. The number of hydrogen-bond acceptors (Lipinski definition) is 5. The monoisotopic (exact) mass is 381 g/mol. The van der Waals surface area contributed by atoms with Gasteiger partial charge >= 0.3 is 5.63 Å². The van der Waals surface area contributed by atoms with Gasteiger partial charge in [0.05, 0.1) is 17.5 Å². The first-order valence-corrected chi connectivity index (χ1v) is 9.03. The van der Waals surface area contributed by atoms with Crippen LogP contribution in [0.3, 0.4) is 0 Å². The molecule has 2 heterocycles. The van der Waals surface area contributed by atoms with E-state index >= 15 is 0 Å². The molecule has 3 aromatic carbocycles. The topological polar surface area (TPSA) is 80.6 Å². The van der Waals surface area contributed by atoms with Crippen LogP contribution in [0.4, 0.5) is 0 Å². The Bertz CT molecular complexity index is 1430. The minimum absolute atomic E-state index is 0.304. The van der Waals surface area contributed by atoms with E-state index in [2.05, 4.69) is 10.3 Å². The summed E-state index contributed by atoms with van der Waals surface area (Å²) in [5.41, 5.74) is 2.02. The second-order valence-corrected chi connectivity index (χ2v) is 6.60. The molecule has 0 saturated heterocycles. The zero-order valence-corrected chi connectivity index (χ0v) is 15.2. The van der Waals surface area contributed by atoms with Gasteiger partial charge in [0, 0.05) is 17.1 Å². The Labute approximate surface area is 164 Å². The first-order chi connectivity index (χ1) is 14.2. The van der Waals surface area contributed by atoms with Crippen molar-refractivity contribution in [1.29, 1.82) is 0 Å². The maximum absolute atomic E-state index is 12.7. The van der Waals surface area contributed by atoms with E-state index < -0.39 is 5.63 Å². The van der Waals surface area contributed by atoms with Crippen LogP contribution in [0.2, 0.25) is 0 Å². The molecule has 6 nitrogen and oxygen atoms in total. The Hall–Kier alpha value is -4.19. The first kappa shape index (κ1) is 16.9. The van der Waals surface area contributed by atoms with Crippen molar-refractivity contribution < 1.29 is 9.62 Å². The number of nitrogens with zero attached hydrogens (tertiary/aromatic N) is 3. The minimum atomic E-state index is -0.501. The molecular weight excluding hydrogens is 366 g/mol. The highest BCUT2D eigenvalue weighted by molar-refractivity contribution is 6.06. The molecule has 5 rings (SSSR count). The number of fused-ring (bicyclic) bond motifs is 3. The van der Waals surface area contributed by atoms with Crippen molar-refractivity contribution in [2.75, 3.05) is 0 Å². The summed E-state index contributed by atoms with van der Waals surface area (Å²) >= 11 is 0. The molecular formula is C23H15N3O3. The van der Waals surface area contributed by atoms with Gasteiger partial charge in [0.2, 0.25) is 0 Å². The molecule has 0 aliphatic heterocycles. The third-order valence-corrected chi connectivity index (χ3v) is 4.86. The fourth-order valence-corrected chi connectivity index (χ4v) is 3.50. The number of oxime groups is 1. The number of hydrogen-bond donors (Lipinski definition) is 1. The van der Waals surface area contributed by atoms with Gasteiger partial charge in [-0.2, -0.15) is 5.10 Å². The molecule has 0 bridgehead atoms. The second kappa shape index (κ2) is 6.76. The summed E-state index contributed by atoms with van der Waals surface area (Å²) < 4.78 is 7.23. The molecule has 0 aliphatic rings. The van der Waals surface area contributed by atoms with Gasteiger partial charge < -0.3 is 9.62 Å². The highest BCUT2D eigenvalue weighted by Gasteiger charge is 2.17. The van der Waals surface area contributed by atoms with Gasteiger partial charge in [0.1, 0.15) is 11.3 Å². The maximum Gasteiger partial charge on any atom is 0.345 e. The molecule has 0 saturated carbocycles. The SMILES string of the molecule is O=c1oc2ccc3ccccc3c2cc1-c1nn(-c2ccccc2)cc1C=NO. The van der Waals surface area contributed by atoms with Crippen LogP contribution >= 0.6 is 0 Å². The van der Waals surface area contributed by atoms with Gasteiger partial charge in [-0.1, -0.05) is 53.7 Å². The molecule has 0 unspecified atom stereocenters. The lowest BCUT2D eigenvalue weighted by Gasteiger charge is -2.05. The fourth-order valence-electron chi connectivity index (χ4n) is 3.50. The van der Waals surface area contributed by atoms with E-state index in [4.69, 9.17) is 9.62 Å². The van der Waals surface area contributed by atoms with Gasteiger partial charge in [0.15, 0.2) is 0 Å². The Kier molecular flexibility index (Phi) is 3.95. The highest BCUT2D eigenvalue weighted by Crippen LogP contribution is 2.28. The van der Waals surface area contributed by atoms with E-state index in [1.165, 1.54) is 6.21 Å². The summed E-state index contributed by atoms with van der Waals surface area (Å²) in [7, 11) is 0. The zero-order chi connectivity index (χ0) is 19.8.